The van der Waals surface area contributed by atoms with Crippen molar-refractivity contribution in [3.63, 3.8) is 0 Å². The molecule has 0 spiro atoms. The molecule has 482 valence electrons. The van der Waals surface area contributed by atoms with E-state index in [2.05, 4.69) is 10.6 Å². The van der Waals surface area contributed by atoms with Gasteiger partial charge < -0.3 is 63.8 Å². The number of hydrogen-bond donors (Lipinski definition) is 3. The Hall–Kier alpha value is -8.53. The maximum absolute atomic E-state index is 15.1. The van der Waals surface area contributed by atoms with Gasteiger partial charge in [-0.3, -0.25) is 33.6 Å². The molecule has 2 bridgehead atoms. The number of cyclic esters (lactones) is 2. The van der Waals surface area contributed by atoms with Crippen LogP contribution in [0.3, 0.4) is 0 Å². The number of carbonyl (C=O) groups is 9. The van der Waals surface area contributed by atoms with Crippen LogP contribution in [0.2, 0.25) is 0 Å². The van der Waals surface area contributed by atoms with Crippen LogP contribution in [0.4, 0.5) is 0 Å². The highest BCUT2D eigenvalue weighted by molar-refractivity contribution is 6.38. The van der Waals surface area contributed by atoms with Crippen LogP contribution >= 0.6 is 0 Å². The molecular weight excluding hydrogens is 1140 g/mol. The fourth-order valence-electron chi connectivity index (χ4n) is 10.4. The Balaban J connectivity index is 1.36. The summed E-state index contributed by atoms with van der Waals surface area (Å²) in [4.78, 5) is 133. The molecule has 2 aliphatic rings. The molecular formula is C67H88N6O16. The van der Waals surface area contributed by atoms with Gasteiger partial charge in [0.15, 0.2) is 18.1 Å². The molecule has 0 aromatic heterocycles. The maximum Gasteiger partial charge on any atom is 0.330 e. The van der Waals surface area contributed by atoms with Gasteiger partial charge in [-0.2, -0.15) is 0 Å². The molecule has 89 heavy (non-hydrogen) atoms. The molecule has 0 aliphatic carbocycles. The molecule has 0 unspecified atom stereocenters. The molecule has 0 saturated carbocycles. The molecule has 1 fully saturated rings. The Kier molecular flexibility index (Phi) is 25.1. The van der Waals surface area contributed by atoms with Gasteiger partial charge >= 0.3 is 11.9 Å². The highest BCUT2D eigenvalue weighted by Crippen LogP contribution is 2.40. The number of methoxy groups -OCH3 is 2. The van der Waals surface area contributed by atoms with Crippen molar-refractivity contribution < 1.29 is 76.7 Å². The number of amides is 6. The van der Waals surface area contributed by atoms with Gasteiger partial charge in [0.2, 0.25) is 35.2 Å². The standard InChI is InChI=1S/C67H88N6O16/c1-12-13-25-50-62(80)69-49(37-43-28-29-44-21-14-15-22-46(44)36-43)63(81)72(9)52(40-88-66(2,3)4)61(79)68-39-55(74)70(7)34-18-17-27-57(76)87-42-67(5,6)60(78)64(82)73-35-19-16-26-51(73)65(83)89-53(32-30-45-31-33-54(84-10)59(85-11)58(45)77)47-23-20-24-48(38-47)86-41-56(75)71(50)8/h14-15,17,20-24,27-29,31,33,36,38,49-53,77H,12-13,16,18-19,25-26,30,32,34-35,37,39-42H2,1-11H3,(H,68,79)(H,69,80)/b27-17+/t49-,50-,51-,52-,53+/m0/s1. The zero-order chi connectivity index (χ0) is 65.2. The third kappa shape index (κ3) is 19.2. The first kappa shape index (κ1) is 69.6. The third-order valence-corrected chi connectivity index (χ3v) is 15.9. The SMILES string of the molecule is CCCC[C@H]1C(=O)N[C@@H](Cc2ccc3ccccc3c2)C(=O)N(C)[C@@H](COC(C)(C)C)C(=O)NCC(=O)N(C)CC/C=C/C(=O)OCC(C)(C)C(=O)C(=O)N2CCCC[C@H]2C(=O)O[C@H](CCc2ccc(OC)c(OC)c2O)c2cccc(c2)OCC(=O)N1C. The number of Topliss-reactive ketones (excluding diaryl/α,β-unsaturated/α-hetero) is 1. The second-order valence-electron chi connectivity index (χ2n) is 24.2. The minimum atomic E-state index is -1.52. The fraction of sp³-hybridized carbons (Fsp3) is 0.507. The van der Waals surface area contributed by atoms with Crippen molar-refractivity contribution in [2.24, 2.45) is 5.41 Å². The van der Waals surface area contributed by atoms with Gasteiger partial charge in [-0.25, -0.2) is 9.59 Å². The minimum Gasteiger partial charge on any atom is -0.504 e. The third-order valence-electron chi connectivity index (χ3n) is 15.9. The number of rotatable bonds is 12. The number of hydrogen-bond acceptors (Lipinski definition) is 16. The normalized spacial score (nSPS) is 21.8. The van der Waals surface area contributed by atoms with Crippen molar-refractivity contribution in [3.8, 4) is 23.0 Å². The highest BCUT2D eigenvalue weighted by Gasteiger charge is 2.43. The van der Waals surface area contributed by atoms with Gasteiger partial charge in [0, 0.05) is 46.7 Å². The number of phenols is 1. The summed E-state index contributed by atoms with van der Waals surface area (Å²) in [5.41, 5.74) is -0.727. The Morgan fingerprint density at radius 2 is 1.52 bits per heavy atom. The van der Waals surface area contributed by atoms with E-state index in [0.717, 1.165) is 16.8 Å². The average molecular weight is 1230 g/mol. The van der Waals surface area contributed by atoms with E-state index >= 15 is 4.79 Å². The lowest BCUT2D eigenvalue weighted by molar-refractivity contribution is -0.165. The summed E-state index contributed by atoms with van der Waals surface area (Å²) >= 11 is 0. The van der Waals surface area contributed by atoms with Crippen LogP contribution in [0, 0.1) is 5.41 Å². The lowest BCUT2D eigenvalue weighted by Gasteiger charge is -2.36. The molecule has 0 radical (unpaired) electrons. The van der Waals surface area contributed by atoms with Gasteiger partial charge in [-0.15, -0.1) is 0 Å². The number of piperidine rings is 1. The second-order valence-corrected chi connectivity index (χ2v) is 24.2. The van der Waals surface area contributed by atoms with Gasteiger partial charge in [-0.1, -0.05) is 86.5 Å². The number of ketones is 1. The quantitative estimate of drug-likeness (QED) is 0.0996. The van der Waals surface area contributed by atoms with Crippen LogP contribution in [0.1, 0.15) is 116 Å². The van der Waals surface area contributed by atoms with E-state index < -0.39 is 114 Å². The number of ether oxygens (including phenoxy) is 6. The summed E-state index contributed by atoms with van der Waals surface area (Å²) in [6, 6.07) is 18.3. The van der Waals surface area contributed by atoms with Crippen LogP contribution in [-0.4, -0.2) is 182 Å². The Labute approximate surface area is 521 Å². The smallest absolute Gasteiger partial charge is 0.330 e. The van der Waals surface area contributed by atoms with Crippen molar-refractivity contribution in [3.05, 3.63) is 108 Å². The number of aryl methyl sites for hydroxylation is 1. The van der Waals surface area contributed by atoms with E-state index in [4.69, 9.17) is 28.4 Å². The number of esters is 2. The Morgan fingerprint density at radius 1 is 0.775 bits per heavy atom. The Morgan fingerprint density at radius 3 is 2.22 bits per heavy atom. The summed E-state index contributed by atoms with van der Waals surface area (Å²) < 4.78 is 34.8. The molecule has 6 amide bonds. The van der Waals surface area contributed by atoms with Gasteiger partial charge in [0.1, 0.15) is 42.6 Å². The van der Waals surface area contributed by atoms with Crippen molar-refractivity contribution in [1.29, 1.82) is 0 Å². The average Bonchev–Trinajstić information content (AvgIpc) is 1.93. The number of nitrogens with zero attached hydrogens (tertiary/aromatic N) is 4. The molecule has 2 heterocycles. The number of phenolic OH excluding ortho intramolecular Hbond substituents is 1. The number of likely N-dealkylation sites (N-methyl/N-ethyl adjacent to an activating group) is 3. The lowest BCUT2D eigenvalue weighted by atomic mass is 9.87. The van der Waals surface area contributed by atoms with Gasteiger partial charge in [-0.05, 0) is 125 Å². The number of carbonyl (C=O) groups excluding carboxylic acids is 9. The summed E-state index contributed by atoms with van der Waals surface area (Å²) in [5, 5.41) is 18.7. The monoisotopic (exact) mass is 1230 g/mol. The van der Waals surface area contributed by atoms with Crippen LogP contribution in [0.15, 0.2) is 91.0 Å². The maximum atomic E-state index is 15.1. The fourth-order valence-corrected chi connectivity index (χ4v) is 10.4. The van der Waals surface area contributed by atoms with Gasteiger partial charge in [0.25, 0.3) is 11.8 Å². The highest BCUT2D eigenvalue weighted by atomic mass is 16.5. The predicted octanol–water partition coefficient (Wildman–Crippen LogP) is 6.60. The van der Waals surface area contributed by atoms with E-state index in [1.54, 1.807) is 57.2 Å². The number of nitrogens with one attached hydrogen (secondary N) is 2. The molecule has 3 N–H and O–H groups in total. The summed E-state index contributed by atoms with van der Waals surface area (Å²) in [6.07, 6.45) is 4.56. The van der Waals surface area contributed by atoms with Gasteiger partial charge in [0.05, 0.1) is 38.4 Å². The first-order chi connectivity index (χ1) is 42.3. The molecule has 1 saturated heterocycles. The number of unbranched alkanes of at least 4 members (excludes halogenated alkanes) is 1. The first-order valence-electron chi connectivity index (χ1n) is 30.3. The summed E-state index contributed by atoms with van der Waals surface area (Å²) in [7, 11) is 7.24. The largest absolute Gasteiger partial charge is 0.504 e. The molecule has 22 heteroatoms. The molecule has 4 aromatic rings. The van der Waals surface area contributed by atoms with Crippen LogP contribution in [0.25, 0.3) is 10.8 Å². The van der Waals surface area contributed by atoms with Crippen molar-refractivity contribution in [2.45, 2.75) is 142 Å². The summed E-state index contributed by atoms with van der Waals surface area (Å²) in [5.74, 6) is -6.12. The van der Waals surface area contributed by atoms with Crippen LogP contribution < -0.4 is 24.8 Å². The van der Waals surface area contributed by atoms with Crippen LogP contribution in [-0.2, 0) is 70.2 Å². The topological polar surface area (TPSA) is 266 Å². The summed E-state index contributed by atoms with van der Waals surface area (Å²) in [6.45, 7) is 8.62. The lowest BCUT2D eigenvalue weighted by Crippen LogP contribution is -2.59. The predicted molar refractivity (Wildman–Crippen MR) is 332 cm³/mol. The number of benzene rings is 4. The second kappa shape index (κ2) is 32.1. The minimum absolute atomic E-state index is 0.0122. The van der Waals surface area contributed by atoms with Crippen LogP contribution in [0.5, 0.6) is 23.0 Å². The van der Waals surface area contributed by atoms with Crippen molar-refractivity contribution in [1.82, 2.24) is 30.2 Å². The molecule has 6 rings (SSSR count). The first-order valence-corrected chi connectivity index (χ1v) is 30.3. The van der Waals surface area contributed by atoms with E-state index in [0.29, 0.717) is 48.1 Å². The zero-order valence-electron chi connectivity index (χ0n) is 53.2. The molecule has 5 atom stereocenters. The molecule has 22 nitrogen and oxygen atoms in total. The van der Waals surface area contributed by atoms with E-state index in [1.165, 1.54) is 74.9 Å². The van der Waals surface area contributed by atoms with Crippen molar-refractivity contribution >= 4 is 63.9 Å². The van der Waals surface area contributed by atoms with E-state index in [9.17, 15) is 43.5 Å². The van der Waals surface area contributed by atoms with Crippen molar-refractivity contribution in [2.75, 3.05) is 74.8 Å². The van der Waals surface area contributed by atoms with E-state index in [-0.39, 0.29) is 75.5 Å². The Bertz CT molecular complexity index is 3210. The zero-order valence-corrected chi connectivity index (χ0v) is 53.2. The molecule has 4 aromatic carbocycles. The number of fused-ring (bicyclic) bond motifs is 4. The number of aromatic hydroxyl groups is 1. The van der Waals surface area contributed by atoms with E-state index in [1.807, 2.05) is 49.4 Å². The molecule has 2 aliphatic heterocycles.